The van der Waals surface area contributed by atoms with Crippen molar-refractivity contribution in [1.29, 1.82) is 0 Å². The molecule has 94 valence electrons. The van der Waals surface area contributed by atoms with Crippen LogP contribution in [0.25, 0.3) is 0 Å². The van der Waals surface area contributed by atoms with E-state index in [1.807, 2.05) is 6.92 Å². The maximum Gasteiger partial charge on any atom is 0.287 e. The smallest absolute Gasteiger partial charge is 0.287 e. The molecule has 1 aromatic rings. The van der Waals surface area contributed by atoms with E-state index >= 15 is 0 Å². The highest BCUT2D eigenvalue weighted by molar-refractivity contribution is 6.33. The molecule has 0 spiro atoms. The van der Waals surface area contributed by atoms with Gasteiger partial charge in [-0.3, -0.25) is 9.59 Å². The summed E-state index contributed by atoms with van der Waals surface area (Å²) in [5.41, 5.74) is 0.00249. The van der Waals surface area contributed by atoms with Crippen LogP contribution >= 0.6 is 11.6 Å². The third kappa shape index (κ3) is 3.45. The van der Waals surface area contributed by atoms with Crippen molar-refractivity contribution in [2.75, 3.05) is 18.4 Å². The Morgan fingerprint density at radius 1 is 1.53 bits per heavy atom. The summed E-state index contributed by atoms with van der Waals surface area (Å²) >= 11 is 5.87. The number of nitrogens with one attached hydrogen (secondary N) is 2. The zero-order valence-electron chi connectivity index (χ0n) is 9.79. The van der Waals surface area contributed by atoms with Gasteiger partial charge in [-0.15, -0.1) is 0 Å². The minimum Gasteiger partial charge on any atom is -0.373 e. The fraction of sp³-hybridized carbons (Fsp3) is 0.500. The van der Waals surface area contributed by atoms with Crippen molar-refractivity contribution in [3.8, 4) is 0 Å². The summed E-state index contributed by atoms with van der Waals surface area (Å²) in [7, 11) is 0. The van der Waals surface area contributed by atoms with Gasteiger partial charge in [-0.2, -0.15) is 5.10 Å². The molecular formula is C10H15ClN4O2. The molecule has 6 nitrogen and oxygen atoms in total. The maximum atomic E-state index is 11.6. The molecule has 0 radical (unpaired) electrons. The molecule has 0 aliphatic carbocycles. The van der Waals surface area contributed by atoms with E-state index in [1.165, 1.54) is 10.9 Å². The van der Waals surface area contributed by atoms with Crippen LogP contribution in [-0.2, 0) is 11.3 Å². The number of nitrogens with zero attached hydrogens (tertiary/aromatic N) is 2. The zero-order valence-corrected chi connectivity index (χ0v) is 10.5. The Morgan fingerprint density at radius 2 is 2.24 bits per heavy atom. The maximum absolute atomic E-state index is 11.6. The van der Waals surface area contributed by atoms with E-state index in [4.69, 9.17) is 11.6 Å². The second-order valence-electron chi connectivity index (χ2n) is 3.30. The monoisotopic (exact) mass is 258 g/mol. The fourth-order valence-electron chi connectivity index (χ4n) is 1.25. The summed E-state index contributed by atoms with van der Waals surface area (Å²) < 4.78 is 1.25. The van der Waals surface area contributed by atoms with Crippen LogP contribution in [0.3, 0.4) is 0 Å². The Morgan fingerprint density at radius 3 is 2.82 bits per heavy atom. The van der Waals surface area contributed by atoms with Crippen molar-refractivity contribution in [3.63, 3.8) is 0 Å². The third-order valence-corrected chi connectivity index (χ3v) is 2.46. The van der Waals surface area contributed by atoms with E-state index in [9.17, 15) is 9.59 Å². The highest BCUT2D eigenvalue weighted by Gasteiger charge is 2.09. The van der Waals surface area contributed by atoms with Gasteiger partial charge in [-0.05, 0) is 13.8 Å². The number of anilines is 1. The van der Waals surface area contributed by atoms with Crippen molar-refractivity contribution >= 4 is 23.2 Å². The second-order valence-corrected chi connectivity index (χ2v) is 3.68. The average Bonchev–Trinajstić information content (AvgIpc) is 2.31. The molecule has 0 unspecified atom stereocenters. The minimum atomic E-state index is -0.366. The first kappa shape index (κ1) is 13.5. The van der Waals surface area contributed by atoms with Crippen molar-refractivity contribution in [3.05, 3.63) is 21.6 Å². The van der Waals surface area contributed by atoms with E-state index in [0.29, 0.717) is 18.8 Å². The quantitative estimate of drug-likeness (QED) is 0.805. The van der Waals surface area contributed by atoms with Crippen LogP contribution in [0.1, 0.15) is 13.8 Å². The Bertz CT molecular complexity index is 458. The van der Waals surface area contributed by atoms with Gasteiger partial charge >= 0.3 is 0 Å². The van der Waals surface area contributed by atoms with Gasteiger partial charge < -0.3 is 10.6 Å². The molecule has 1 amide bonds. The first-order valence-corrected chi connectivity index (χ1v) is 5.74. The number of carbonyl (C=O) groups is 1. The topological polar surface area (TPSA) is 76.0 Å². The molecule has 0 saturated heterocycles. The molecule has 1 heterocycles. The number of hydrogen-bond acceptors (Lipinski definition) is 4. The van der Waals surface area contributed by atoms with Gasteiger partial charge in [0, 0.05) is 13.1 Å². The van der Waals surface area contributed by atoms with Gasteiger partial charge in [0.15, 0.2) is 0 Å². The Labute approximate surface area is 104 Å². The molecule has 0 fully saturated rings. The SMILES string of the molecule is CCNC(=O)CNc1cnn(CC)c(=O)c1Cl. The van der Waals surface area contributed by atoms with Gasteiger partial charge in [-0.1, -0.05) is 11.6 Å². The summed E-state index contributed by atoms with van der Waals surface area (Å²) in [5.74, 6) is -0.164. The van der Waals surface area contributed by atoms with Crippen LogP contribution < -0.4 is 16.2 Å². The van der Waals surface area contributed by atoms with Gasteiger partial charge in [0.1, 0.15) is 5.02 Å². The number of rotatable bonds is 5. The summed E-state index contributed by atoms with van der Waals surface area (Å²) in [4.78, 5) is 22.8. The van der Waals surface area contributed by atoms with E-state index in [-0.39, 0.29) is 23.0 Å². The highest BCUT2D eigenvalue weighted by atomic mass is 35.5. The van der Waals surface area contributed by atoms with Crippen LogP contribution in [0.15, 0.2) is 11.0 Å². The zero-order chi connectivity index (χ0) is 12.8. The summed E-state index contributed by atoms with van der Waals surface area (Å²) in [6.45, 7) is 4.70. The van der Waals surface area contributed by atoms with E-state index in [0.717, 1.165) is 0 Å². The molecule has 0 saturated carbocycles. The molecule has 0 aliphatic heterocycles. The Kier molecular flexibility index (Phi) is 4.96. The molecule has 7 heteroatoms. The fourth-order valence-corrected chi connectivity index (χ4v) is 1.46. The normalized spacial score (nSPS) is 10.1. The van der Waals surface area contributed by atoms with E-state index in [1.54, 1.807) is 6.92 Å². The van der Waals surface area contributed by atoms with Gasteiger partial charge in [0.2, 0.25) is 5.91 Å². The number of carbonyl (C=O) groups excluding carboxylic acids is 1. The van der Waals surface area contributed by atoms with Crippen LogP contribution in [0.4, 0.5) is 5.69 Å². The molecule has 0 aromatic carbocycles. The Hall–Kier alpha value is -1.56. The van der Waals surface area contributed by atoms with Gasteiger partial charge in [-0.25, -0.2) is 4.68 Å². The molecular weight excluding hydrogens is 244 g/mol. The number of likely N-dealkylation sites (N-methyl/N-ethyl adjacent to an activating group) is 1. The molecule has 0 atom stereocenters. The molecule has 0 bridgehead atoms. The van der Waals surface area contributed by atoms with Crippen molar-refractivity contribution < 1.29 is 4.79 Å². The molecule has 1 rings (SSSR count). The standard InChI is InChI=1S/C10H15ClN4O2/c1-3-12-8(16)6-13-7-5-14-15(4-2)10(17)9(7)11/h5,13H,3-4,6H2,1-2H3,(H,12,16). The summed E-state index contributed by atoms with van der Waals surface area (Å²) in [6.07, 6.45) is 1.44. The van der Waals surface area contributed by atoms with Gasteiger partial charge in [0.05, 0.1) is 18.4 Å². The van der Waals surface area contributed by atoms with Gasteiger partial charge in [0.25, 0.3) is 5.56 Å². The lowest BCUT2D eigenvalue weighted by Crippen LogP contribution is -2.30. The number of aromatic nitrogens is 2. The first-order valence-electron chi connectivity index (χ1n) is 5.36. The van der Waals surface area contributed by atoms with Crippen LogP contribution in [-0.4, -0.2) is 28.8 Å². The summed E-state index contributed by atoms with van der Waals surface area (Å²) in [6, 6.07) is 0. The predicted octanol–water partition coefficient (Wildman–Crippen LogP) is 0.465. The molecule has 2 N–H and O–H groups in total. The number of aryl methyl sites for hydroxylation is 1. The van der Waals surface area contributed by atoms with Crippen LogP contribution in [0, 0.1) is 0 Å². The molecule has 0 aliphatic rings. The number of hydrogen-bond donors (Lipinski definition) is 2. The van der Waals surface area contributed by atoms with E-state index < -0.39 is 0 Å². The summed E-state index contributed by atoms with van der Waals surface area (Å²) in [5, 5.41) is 9.35. The Balaban J connectivity index is 2.76. The lowest BCUT2D eigenvalue weighted by Gasteiger charge is -2.08. The first-order chi connectivity index (χ1) is 8.10. The lowest BCUT2D eigenvalue weighted by atomic mass is 10.4. The minimum absolute atomic E-state index is 0.0474. The van der Waals surface area contributed by atoms with Crippen LogP contribution in [0.5, 0.6) is 0 Å². The van der Waals surface area contributed by atoms with E-state index in [2.05, 4.69) is 15.7 Å². The third-order valence-electron chi connectivity index (χ3n) is 2.10. The van der Waals surface area contributed by atoms with Crippen molar-refractivity contribution in [1.82, 2.24) is 15.1 Å². The number of amides is 1. The number of halogens is 1. The molecule has 17 heavy (non-hydrogen) atoms. The average molecular weight is 259 g/mol. The predicted molar refractivity (Wildman–Crippen MR) is 66.4 cm³/mol. The second kappa shape index (κ2) is 6.24. The van der Waals surface area contributed by atoms with Crippen molar-refractivity contribution in [2.45, 2.75) is 20.4 Å². The largest absolute Gasteiger partial charge is 0.373 e. The molecule has 1 aromatic heterocycles. The van der Waals surface area contributed by atoms with Crippen molar-refractivity contribution in [2.24, 2.45) is 0 Å². The highest BCUT2D eigenvalue weighted by Crippen LogP contribution is 2.14. The van der Waals surface area contributed by atoms with Crippen LogP contribution in [0.2, 0.25) is 5.02 Å². The lowest BCUT2D eigenvalue weighted by molar-refractivity contribution is -0.119.